The molecule has 1 amide bonds. The van der Waals surface area contributed by atoms with Gasteiger partial charge in [0.15, 0.2) is 0 Å². The van der Waals surface area contributed by atoms with Gasteiger partial charge in [-0.05, 0) is 24.8 Å². The highest BCUT2D eigenvalue weighted by molar-refractivity contribution is 7.15. The number of rotatable bonds is 3. The molecule has 1 aromatic carbocycles. The highest BCUT2D eigenvalue weighted by Gasteiger charge is 2.45. The summed E-state index contributed by atoms with van der Waals surface area (Å²) in [6.07, 6.45) is 2.45. The van der Waals surface area contributed by atoms with Crippen molar-refractivity contribution in [3.05, 3.63) is 40.9 Å². The SMILES string of the molecule is O=C1NC[C@@H](O)CC12CCN(c1nnc(Cc3ccccc3)s1)CC2. The average Bonchev–Trinajstić information content (AvgIpc) is 3.08. The summed E-state index contributed by atoms with van der Waals surface area (Å²) in [6, 6.07) is 10.3. The van der Waals surface area contributed by atoms with Gasteiger partial charge in [-0.2, -0.15) is 0 Å². The molecule has 132 valence electrons. The molecule has 0 bridgehead atoms. The maximum absolute atomic E-state index is 12.3. The quantitative estimate of drug-likeness (QED) is 0.871. The van der Waals surface area contributed by atoms with E-state index in [1.165, 1.54) is 5.56 Å². The Hall–Kier alpha value is -1.99. The second kappa shape index (κ2) is 6.72. The molecule has 3 heterocycles. The van der Waals surface area contributed by atoms with Crippen LogP contribution in [0, 0.1) is 5.41 Å². The Bertz CT molecular complexity index is 741. The molecule has 0 aliphatic carbocycles. The maximum atomic E-state index is 12.3. The number of aliphatic hydroxyl groups is 1. The monoisotopic (exact) mass is 358 g/mol. The zero-order chi connectivity index (χ0) is 17.3. The fourth-order valence-electron chi connectivity index (χ4n) is 3.79. The van der Waals surface area contributed by atoms with Crippen LogP contribution < -0.4 is 10.2 Å². The van der Waals surface area contributed by atoms with E-state index in [4.69, 9.17) is 0 Å². The molecule has 1 aromatic heterocycles. The van der Waals surface area contributed by atoms with E-state index >= 15 is 0 Å². The highest BCUT2D eigenvalue weighted by Crippen LogP contribution is 2.40. The summed E-state index contributed by atoms with van der Waals surface area (Å²) in [5.41, 5.74) is 0.821. The lowest BCUT2D eigenvalue weighted by atomic mass is 9.71. The number of anilines is 1. The summed E-state index contributed by atoms with van der Waals surface area (Å²) in [7, 11) is 0. The Morgan fingerprint density at radius 3 is 2.76 bits per heavy atom. The largest absolute Gasteiger partial charge is 0.391 e. The molecule has 7 heteroatoms. The summed E-state index contributed by atoms with van der Waals surface area (Å²) in [5.74, 6) is 0.0967. The van der Waals surface area contributed by atoms with Crippen LogP contribution in [0.25, 0.3) is 0 Å². The topological polar surface area (TPSA) is 78.4 Å². The molecule has 2 aliphatic heterocycles. The number of piperidine rings is 2. The van der Waals surface area contributed by atoms with Crippen molar-refractivity contribution in [2.75, 3.05) is 24.5 Å². The molecule has 2 N–H and O–H groups in total. The lowest BCUT2D eigenvalue weighted by Crippen LogP contribution is -2.56. The minimum absolute atomic E-state index is 0.0967. The van der Waals surface area contributed by atoms with Gasteiger partial charge in [-0.15, -0.1) is 10.2 Å². The third-order valence-electron chi connectivity index (χ3n) is 5.25. The second-order valence-electron chi connectivity index (χ2n) is 6.98. The molecule has 0 saturated carbocycles. The van der Waals surface area contributed by atoms with E-state index in [1.807, 2.05) is 18.2 Å². The van der Waals surface area contributed by atoms with Crippen LogP contribution in [0.5, 0.6) is 0 Å². The van der Waals surface area contributed by atoms with Crippen molar-refractivity contribution < 1.29 is 9.90 Å². The van der Waals surface area contributed by atoms with Gasteiger partial charge in [0.2, 0.25) is 11.0 Å². The van der Waals surface area contributed by atoms with Gasteiger partial charge >= 0.3 is 0 Å². The van der Waals surface area contributed by atoms with E-state index in [1.54, 1.807) is 11.3 Å². The van der Waals surface area contributed by atoms with Crippen LogP contribution in [0.1, 0.15) is 29.8 Å². The smallest absolute Gasteiger partial charge is 0.226 e. The first-order valence-corrected chi connectivity index (χ1v) is 9.54. The van der Waals surface area contributed by atoms with E-state index in [0.717, 1.165) is 42.5 Å². The number of aromatic nitrogens is 2. The standard InChI is InChI=1S/C18H22N4O2S/c23-14-11-18(16(24)19-12-14)6-8-22(9-7-18)17-21-20-15(25-17)10-13-4-2-1-3-5-13/h1-5,14,23H,6-12H2,(H,19,24)/t14-/m0/s1. The van der Waals surface area contributed by atoms with Crippen LogP contribution in [0.4, 0.5) is 5.13 Å². The molecule has 1 spiro atoms. The van der Waals surface area contributed by atoms with Gasteiger partial charge in [-0.1, -0.05) is 41.7 Å². The Morgan fingerprint density at radius 2 is 2.00 bits per heavy atom. The van der Waals surface area contributed by atoms with Crippen molar-refractivity contribution in [1.82, 2.24) is 15.5 Å². The number of amides is 1. The molecule has 2 saturated heterocycles. The third kappa shape index (κ3) is 3.39. The van der Waals surface area contributed by atoms with Gasteiger partial charge in [0.25, 0.3) is 0 Å². The second-order valence-corrected chi connectivity index (χ2v) is 8.02. The molecule has 1 atom stereocenters. The lowest BCUT2D eigenvalue weighted by Gasteiger charge is -2.44. The van der Waals surface area contributed by atoms with E-state index in [9.17, 15) is 9.90 Å². The molecule has 2 aliphatic rings. The fraction of sp³-hybridized carbons (Fsp3) is 0.500. The molecule has 6 nitrogen and oxygen atoms in total. The van der Waals surface area contributed by atoms with Crippen LogP contribution in [-0.2, 0) is 11.2 Å². The molecule has 0 radical (unpaired) electrons. The number of aliphatic hydroxyl groups excluding tert-OH is 1. The van der Waals surface area contributed by atoms with Crippen molar-refractivity contribution in [3.8, 4) is 0 Å². The normalized spacial score (nSPS) is 22.8. The zero-order valence-electron chi connectivity index (χ0n) is 14.0. The molecule has 2 aromatic rings. The third-order valence-corrected chi connectivity index (χ3v) is 6.24. The van der Waals surface area contributed by atoms with Crippen LogP contribution >= 0.6 is 11.3 Å². The summed E-state index contributed by atoms with van der Waals surface area (Å²) in [4.78, 5) is 14.5. The number of hydrogen-bond donors (Lipinski definition) is 2. The van der Waals surface area contributed by atoms with E-state index in [-0.39, 0.29) is 5.91 Å². The van der Waals surface area contributed by atoms with Crippen molar-refractivity contribution in [1.29, 1.82) is 0 Å². The van der Waals surface area contributed by atoms with Crippen LogP contribution in [0.3, 0.4) is 0 Å². The number of nitrogens with zero attached hydrogens (tertiary/aromatic N) is 3. The average molecular weight is 358 g/mol. The van der Waals surface area contributed by atoms with Gasteiger partial charge in [0.1, 0.15) is 5.01 Å². The van der Waals surface area contributed by atoms with Crippen molar-refractivity contribution in [2.45, 2.75) is 31.8 Å². The number of hydrogen-bond acceptors (Lipinski definition) is 6. The minimum atomic E-state index is -0.428. The molecule has 4 rings (SSSR count). The van der Waals surface area contributed by atoms with Crippen LogP contribution in [0.15, 0.2) is 30.3 Å². The van der Waals surface area contributed by atoms with Gasteiger partial charge < -0.3 is 15.3 Å². The molecule has 25 heavy (non-hydrogen) atoms. The summed E-state index contributed by atoms with van der Waals surface area (Å²) < 4.78 is 0. The molecule has 2 fully saturated rings. The Morgan fingerprint density at radius 1 is 1.24 bits per heavy atom. The first-order valence-electron chi connectivity index (χ1n) is 8.72. The van der Waals surface area contributed by atoms with Crippen molar-refractivity contribution >= 4 is 22.4 Å². The molecule has 0 unspecified atom stereocenters. The molecular weight excluding hydrogens is 336 g/mol. The van der Waals surface area contributed by atoms with Crippen LogP contribution in [-0.4, -0.2) is 46.9 Å². The van der Waals surface area contributed by atoms with E-state index in [2.05, 4.69) is 32.5 Å². The van der Waals surface area contributed by atoms with Gasteiger partial charge in [0.05, 0.1) is 11.5 Å². The molecular formula is C18H22N4O2S. The summed E-state index contributed by atoms with van der Waals surface area (Å²) in [5, 5.41) is 23.4. The fourth-order valence-corrected chi connectivity index (χ4v) is 4.71. The number of carbonyl (C=O) groups is 1. The van der Waals surface area contributed by atoms with Gasteiger partial charge in [-0.3, -0.25) is 4.79 Å². The number of β-amino-alcohol motifs (C(OH)–C–C–N with tert-alkyl or cyclic N) is 1. The highest BCUT2D eigenvalue weighted by atomic mass is 32.1. The van der Waals surface area contributed by atoms with E-state index < -0.39 is 11.5 Å². The minimum Gasteiger partial charge on any atom is -0.391 e. The van der Waals surface area contributed by atoms with Crippen LogP contribution in [0.2, 0.25) is 0 Å². The number of benzene rings is 1. The number of nitrogens with one attached hydrogen (secondary N) is 1. The predicted octanol–water partition coefficient (Wildman–Crippen LogP) is 1.60. The zero-order valence-corrected chi connectivity index (χ0v) is 14.8. The summed E-state index contributed by atoms with van der Waals surface area (Å²) >= 11 is 1.62. The Balaban J connectivity index is 1.40. The summed E-state index contributed by atoms with van der Waals surface area (Å²) in [6.45, 7) is 1.93. The van der Waals surface area contributed by atoms with Gasteiger partial charge in [-0.25, -0.2) is 0 Å². The Labute approximate surface area is 150 Å². The van der Waals surface area contributed by atoms with E-state index in [0.29, 0.717) is 13.0 Å². The lowest BCUT2D eigenvalue weighted by molar-refractivity contribution is -0.138. The van der Waals surface area contributed by atoms with Crippen molar-refractivity contribution in [2.24, 2.45) is 5.41 Å². The predicted molar refractivity (Wildman–Crippen MR) is 96.7 cm³/mol. The Kier molecular flexibility index (Phi) is 4.43. The van der Waals surface area contributed by atoms with Gasteiger partial charge in [0, 0.05) is 26.1 Å². The maximum Gasteiger partial charge on any atom is 0.226 e. The van der Waals surface area contributed by atoms with Crippen molar-refractivity contribution in [3.63, 3.8) is 0 Å². The first-order chi connectivity index (χ1) is 12.1. The first kappa shape index (κ1) is 16.5. The number of carbonyl (C=O) groups excluding carboxylic acids is 1.